The molecule has 9 nitrogen and oxygen atoms in total. The van der Waals surface area contributed by atoms with Crippen LogP contribution in [-0.4, -0.2) is 91.3 Å². The Kier molecular flexibility index (Phi) is 8.67. The van der Waals surface area contributed by atoms with Gasteiger partial charge in [-0.1, -0.05) is 12.1 Å². The highest BCUT2D eigenvalue weighted by Gasteiger charge is 2.30. The maximum Gasteiger partial charge on any atom is 0.227 e. The molecule has 0 aromatic heterocycles. The first-order valence-corrected chi connectivity index (χ1v) is 12.8. The Morgan fingerprint density at radius 1 is 1.29 bits per heavy atom. The number of nitrogens with one attached hydrogen (secondary N) is 1. The molecule has 9 heteroatoms. The lowest BCUT2D eigenvalue weighted by Gasteiger charge is -2.38. The Balaban J connectivity index is 1.31. The summed E-state index contributed by atoms with van der Waals surface area (Å²) in [5, 5.41) is 14.2. The van der Waals surface area contributed by atoms with Gasteiger partial charge in [0.25, 0.3) is 0 Å². The zero-order valence-electron chi connectivity index (χ0n) is 21.5. The number of aliphatic hydroxyl groups excluding tert-OH is 1. The first-order valence-electron chi connectivity index (χ1n) is 12.8. The van der Waals surface area contributed by atoms with E-state index in [4.69, 9.17) is 9.47 Å². The number of aliphatic hydroxyl groups is 1. The number of methoxy groups -OCH3 is 1. The molecule has 1 aromatic rings. The lowest BCUT2D eigenvalue weighted by Crippen LogP contribution is -2.46. The van der Waals surface area contributed by atoms with E-state index in [0.717, 1.165) is 50.0 Å². The Hall–Kier alpha value is -2.17. The van der Waals surface area contributed by atoms with Crippen molar-refractivity contribution in [2.24, 2.45) is 0 Å². The highest BCUT2D eigenvalue weighted by atomic mass is 16.7. The summed E-state index contributed by atoms with van der Waals surface area (Å²) in [5.74, 6) is 0.198. The number of ether oxygens (including phenoxy) is 2. The first kappa shape index (κ1) is 25.9. The average molecular weight is 488 g/mol. The molecule has 2 fully saturated rings. The van der Waals surface area contributed by atoms with Crippen LogP contribution in [-0.2, 0) is 20.7 Å². The number of anilines is 1. The van der Waals surface area contributed by atoms with Crippen molar-refractivity contribution in [1.82, 2.24) is 20.5 Å². The Morgan fingerprint density at radius 3 is 2.71 bits per heavy atom. The summed E-state index contributed by atoms with van der Waals surface area (Å²) in [7, 11) is 5.89. The maximum atomic E-state index is 12.0. The van der Waals surface area contributed by atoms with Crippen LogP contribution in [0.4, 0.5) is 5.69 Å². The molecule has 4 rings (SSSR count). The summed E-state index contributed by atoms with van der Waals surface area (Å²) >= 11 is 0. The number of nitrogens with zero attached hydrogens (tertiary/aromatic N) is 4. The molecule has 2 N–H and O–H groups in total. The average Bonchev–Trinajstić information content (AvgIpc) is 3.45. The minimum absolute atomic E-state index is 0.0370. The van der Waals surface area contributed by atoms with Gasteiger partial charge in [-0.05, 0) is 50.9 Å². The number of hydrazine groups is 2. The molecule has 0 unspecified atom stereocenters. The van der Waals surface area contributed by atoms with Crippen molar-refractivity contribution in [2.45, 2.75) is 69.9 Å². The van der Waals surface area contributed by atoms with Crippen LogP contribution in [0.15, 0.2) is 36.2 Å². The molecule has 1 amide bonds. The van der Waals surface area contributed by atoms with Crippen molar-refractivity contribution in [3.05, 3.63) is 41.7 Å². The SMILES string of the molecule is CO[C@H]1C[C@@H](N(C)CCC2=CN([C@H](CO)Cc3ccc(N4CCCC4=O)cc3)NN2C)C[C@@H](C)O1. The van der Waals surface area contributed by atoms with Crippen LogP contribution in [0.3, 0.4) is 0 Å². The van der Waals surface area contributed by atoms with E-state index in [1.54, 1.807) is 7.11 Å². The van der Waals surface area contributed by atoms with Gasteiger partial charge in [-0.3, -0.25) is 14.8 Å². The zero-order chi connectivity index (χ0) is 24.9. The van der Waals surface area contributed by atoms with Gasteiger partial charge in [0, 0.05) is 70.1 Å². The molecule has 0 aliphatic carbocycles. The largest absolute Gasteiger partial charge is 0.394 e. The van der Waals surface area contributed by atoms with Crippen molar-refractivity contribution in [3.63, 3.8) is 0 Å². The van der Waals surface area contributed by atoms with E-state index in [0.29, 0.717) is 18.9 Å². The predicted molar refractivity (Wildman–Crippen MR) is 135 cm³/mol. The summed E-state index contributed by atoms with van der Waals surface area (Å²) in [6.45, 7) is 3.87. The monoisotopic (exact) mass is 487 g/mol. The Labute approximate surface area is 209 Å². The number of rotatable bonds is 10. The number of carbonyl (C=O) groups is 1. The van der Waals surface area contributed by atoms with Crippen LogP contribution in [0.1, 0.15) is 44.6 Å². The lowest BCUT2D eigenvalue weighted by atomic mass is 10.0. The van der Waals surface area contributed by atoms with Gasteiger partial charge >= 0.3 is 0 Å². The van der Waals surface area contributed by atoms with Gasteiger partial charge in [0.15, 0.2) is 6.29 Å². The second kappa shape index (κ2) is 11.7. The molecule has 1 aromatic carbocycles. The van der Waals surface area contributed by atoms with Gasteiger partial charge in [0.2, 0.25) is 5.91 Å². The molecule has 0 bridgehead atoms. The maximum absolute atomic E-state index is 12.0. The van der Waals surface area contributed by atoms with Crippen LogP contribution >= 0.6 is 0 Å². The third kappa shape index (κ3) is 6.34. The summed E-state index contributed by atoms with van der Waals surface area (Å²) < 4.78 is 11.3. The van der Waals surface area contributed by atoms with Gasteiger partial charge in [-0.2, -0.15) is 0 Å². The molecule has 3 heterocycles. The topological polar surface area (TPSA) is 80.8 Å². The quantitative estimate of drug-likeness (QED) is 0.519. The molecule has 35 heavy (non-hydrogen) atoms. The van der Waals surface area contributed by atoms with E-state index < -0.39 is 0 Å². The molecule has 4 atom stereocenters. The molecule has 3 aliphatic heterocycles. The Morgan fingerprint density at radius 2 is 2.06 bits per heavy atom. The van der Waals surface area contributed by atoms with Crippen molar-refractivity contribution < 1.29 is 19.4 Å². The van der Waals surface area contributed by atoms with E-state index in [9.17, 15) is 9.90 Å². The Bertz CT molecular complexity index is 879. The molecule has 2 saturated heterocycles. The molecule has 0 spiro atoms. The molecule has 3 aliphatic rings. The van der Waals surface area contributed by atoms with E-state index >= 15 is 0 Å². The zero-order valence-corrected chi connectivity index (χ0v) is 21.5. The van der Waals surface area contributed by atoms with Crippen molar-refractivity contribution in [2.75, 3.05) is 45.8 Å². The number of amides is 1. The minimum Gasteiger partial charge on any atom is -0.394 e. The van der Waals surface area contributed by atoms with E-state index in [1.807, 2.05) is 34.1 Å². The van der Waals surface area contributed by atoms with Gasteiger partial charge in [0.05, 0.1) is 18.8 Å². The number of hydrogen-bond donors (Lipinski definition) is 2. The van der Waals surface area contributed by atoms with Gasteiger partial charge < -0.3 is 24.4 Å². The van der Waals surface area contributed by atoms with Crippen LogP contribution in [0, 0.1) is 0 Å². The smallest absolute Gasteiger partial charge is 0.227 e. The number of hydrogen-bond acceptors (Lipinski definition) is 8. The van der Waals surface area contributed by atoms with Crippen LogP contribution in [0.25, 0.3) is 0 Å². The first-order chi connectivity index (χ1) is 16.9. The van der Waals surface area contributed by atoms with Crippen molar-refractivity contribution in [3.8, 4) is 0 Å². The lowest BCUT2D eigenvalue weighted by molar-refractivity contribution is -0.189. The standard InChI is InChI=1S/C26H41N5O4/c1-19-14-23(16-26(34-4)35-19)28(2)13-11-22-17-31(27-29(22)3)24(18-32)15-20-7-9-21(10-8-20)30-12-5-6-25(30)33/h7-10,17,19,23-24,26-27,32H,5-6,11-16,18H2,1-4H3/t19-,23+,24+,26-/m1/s1. The molecular formula is C26H41N5O4. The third-order valence-electron chi connectivity index (χ3n) is 7.44. The fourth-order valence-electron chi connectivity index (χ4n) is 5.25. The van der Waals surface area contributed by atoms with Gasteiger partial charge in [-0.15, -0.1) is 5.53 Å². The van der Waals surface area contributed by atoms with Crippen LogP contribution in [0.5, 0.6) is 0 Å². The molecular weight excluding hydrogens is 446 g/mol. The van der Waals surface area contributed by atoms with E-state index in [1.165, 1.54) is 5.70 Å². The normalized spacial score (nSPS) is 26.1. The summed E-state index contributed by atoms with van der Waals surface area (Å²) in [6.07, 6.45) is 7.22. The minimum atomic E-state index is -0.132. The second-order valence-corrected chi connectivity index (χ2v) is 10.0. The van der Waals surface area contributed by atoms with Crippen LogP contribution < -0.4 is 10.4 Å². The highest BCUT2D eigenvalue weighted by Crippen LogP contribution is 2.26. The highest BCUT2D eigenvalue weighted by molar-refractivity contribution is 5.95. The fourth-order valence-corrected chi connectivity index (χ4v) is 5.25. The summed E-state index contributed by atoms with van der Waals surface area (Å²) in [5.41, 5.74) is 6.64. The predicted octanol–water partition coefficient (Wildman–Crippen LogP) is 2.09. The third-order valence-corrected chi connectivity index (χ3v) is 7.44. The van der Waals surface area contributed by atoms with Gasteiger partial charge in [-0.25, -0.2) is 0 Å². The van der Waals surface area contributed by atoms with Crippen molar-refractivity contribution in [1.29, 1.82) is 0 Å². The number of benzene rings is 1. The molecule has 194 valence electrons. The fraction of sp³-hybridized carbons (Fsp3) is 0.654. The van der Waals surface area contributed by atoms with Crippen molar-refractivity contribution >= 4 is 11.6 Å². The van der Waals surface area contributed by atoms with E-state index in [2.05, 4.69) is 42.7 Å². The summed E-state index contributed by atoms with van der Waals surface area (Å²) in [4.78, 5) is 16.3. The van der Waals surface area contributed by atoms with Gasteiger partial charge in [0.1, 0.15) is 0 Å². The molecule has 0 radical (unpaired) electrons. The number of carbonyl (C=O) groups excluding carboxylic acids is 1. The second-order valence-electron chi connectivity index (χ2n) is 10.0. The van der Waals surface area contributed by atoms with E-state index in [-0.39, 0.29) is 30.9 Å². The van der Waals surface area contributed by atoms with Crippen LogP contribution in [0.2, 0.25) is 0 Å². The summed E-state index contributed by atoms with van der Waals surface area (Å²) in [6, 6.07) is 8.49. The molecule has 0 saturated carbocycles.